The number of hydrogen-bond donors (Lipinski definition) is 2. The predicted molar refractivity (Wildman–Crippen MR) is 72.7 cm³/mol. The molecule has 19 heavy (non-hydrogen) atoms. The van der Waals surface area contributed by atoms with Gasteiger partial charge in [-0.05, 0) is 39.2 Å². The molecule has 0 radical (unpaired) electrons. The Labute approximate surface area is 115 Å². The van der Waals surface area contributed by atoms with Gasteiger partial charge in [0, 0.05) is 38.2 Å². The fraction of sp³-hybridized carbons (Fsp3) is 0.929. The molecule has 1 saturated carbocycles. The summed E-state index contributed by atoms with van der Waals surface area (Å²) in [6.07, 6.45) is 3.66. The second-order valence-corrected chi connectivity index (χ2v) is 5.94. The monoisotopic (exact) mass is 270 g/mol. The summed E-state index contributed by atoms with van der Waals surface area (Å²) >= 11 is 0. The second-order valence-electron chi connectivity index (χ2n) is 5.94. The van der Waals surface area contributed by atoms with Gasteiger partial charge >= 0.3 is 0 Å². The highest BCUT2D eigenvalue weighted by Crippen LogP contribution is 2.26. The zero-order valence-corrected chi connectivity index (χ0v) is 11.8. The van der Waals surface area contributed by atoms with Crippen LogP contribution in [0, 0.1) is 5.92 Å². The van der Waals surface area contributed by atoms with Crippen LogP contribution in [0.2, 0.25) is 0 Å². The lowest BCUT2D eigenvalue weighted by molar-refractivity contribution is -0.140. The van der Waals surface area contributed by atoms with E-state index in [0.29, 0.717) is 0 Å². The van der Waals surface area contributed by atoms with Gasteiger partial charge in [0.25, 0.3) is 0 Å². The van der Waals surface area contributed by atoms with Crippen molar-refractivity contribution in [1.29, 1.82) is 0 Å². The summed E-state index contributed by atoms with van der Waals surface area (Å²) in [7, 11) is 2.05. The van der Waals surface area contributed by atoms with Crippen molar-refractivity contribution in [3.8, 4) is 0 Å². The molecule has 1 aliphatic carbocycles. The molecule has 0 bridgehead atoms. The minimum Gasteiger partial charge on any atom is -0.396 e. The van der Waals surface area contributed by atoms with Crippen LogP contribution in [-0.4, -0.2) is 71.4 Å². The number of likely N-dealkylation sites (N-methyl/N-ethyl adjacent to an activating group) is 1. The zero-order valence-electron chi connectivity index (χ0n) is 11.8. The maximum absolute atomic E-state index is 12.5. The van der Waals surface area contributed by atoms with Crippen LogP contribution in [0.15, 0.2) is 0 Å². The zero-order chi connectivity index (χ0) is 13.8. The molecule has 0 unspecified atom stereocenters. The van der Waals surface area contributed by atoms with Gasteiger partial charge in [-0.1, -0.05) is 0 Å². The van der Waals surface area contributed by atoms with E-state index in [9.17, 15) is 9.90 Å². The first-order valence-electron chi connectivity index (χ1n) is 7.39. The second kappa shape index (κ2) is 6.68. The van der Waals surface area contributed by atoms with E-state index in [1.54, 1.807) is 0 Å². The van der Waals surface area contributed by atoms with Crippen molar-refractivity contribution in [1.82, 2.24) is 9.80 Å². The van der Waals surface area contributed by atoms with Gasteiger partial charge in [0.15, 0.2) is 0 Å². The number of piperazine rings is 1. The molecule has 0 aromatic heterocycles. The van der Waals surface area contributed by atoms with Crippen LogP contribution in [-0.2, 0) is 4.79 Å². The lowest BCUT2D eigenvalue weighted by Gasteiger charge is -2.41. The molecule has 5 nitrogen and oxygen atoms in total. The summed E-state index contributed by atoms with van der Waals surface area (Å²) in [6.45, 7) is 2.57. The molecule has 2 N–H and O–H groups in total. The molecule has 2 fully saturated rings. The van der Waals surface area contributed by atoms with Crippen molar-refractivity contribution in [2.45, 2.75) is 44.2 Å². The molecule has 0 aromatic rings. The highest BCUT2D eigenvalue weighted by Gasteiger charge is 2.32. The Kier molecular flexibility index (Phi) is 5.19. The molecule has 1 amide bonds. The third-order valence-electron chi connectivity index (χ3n) is 4.60. The highest BCUT2D eigenvalue weighted by molar-refractivity contribution is 5.79. The smallest absolute Gasteiger partial charge is 0.225 e. The average molecular weight is 270 g/mol. The Morgan fingerprint density at radius 1 is 1.21 bits per heavy atom. The van der Waals surface area contributed by atoms with Gasteiger partial charge in [-0.3, -0.25) is 9.69 Å². The van der Waals surface area contributed by atoms with E-state index in [1.807, 2.05) is 4.90 Å². The van der Waals surface area contributed by atoms with E-state index in [-0.39, 0.29) is 30.6 Å². The topological polar surface area (TPSA) is 64.0 Å². The molecular formula is C14H26N2O3. The highest BCUT2D eigenvalue weighted by atomic mass is 16.3. The molecule has 110 valence electrons. The first kappa shape index (κ1) is 14.8. The average Bonchev–Trinajstić information content (AvgIpc) is 2.41. The number of carbonyl (C=O) groups is 1. The Balaban J connectivity index is 1.88. The SMILES string of the molecule is CN1CCN(C(=O)C2CCC(O)CC2)C[C@@H]1CCO. The molecule has 5 heteroatoms. The predicted octanol–water partition coefficient (Wildman–Crippen LogP) is 0.0625. The molecule has 2 aliphatic rings. The van der Waals surface area contributed by atoms with Crippen LogP contribution in [0.1, 0.15) is 32.1 Å². The molecule has 0 spiro atoms. The minimum absolute atomic E-state index is 0.0987. The van der Waals surface area contributed by atoms with Crippen LogP contribution in [0.4, 0.5) is 0 Å². The van der Waals surface area contributed by atoms with E-state index in [0.717, 1.165) is 51.7 Å². The number of amides is 1. The van der Waals surface area contributed by atoms with Crippen molar-refractivity contribution in [2.24, 2.45) is 5.92 Å². The fourth-order valence-corrected chi connectivity index (χ4v) is 3.19. The summed E-state index contributed by atoms with van der Waals surface area (Å²) in [5.74, 6) is 0.351. The van der Waals surface area contributed by atoms with Crippen LogP contribution in [0.25, 0.3) is 0 Å². The first-order valence-corrected chi connectivity index (χ1v) is 7.39. The maximum Gasteiger partial charge on any atom is 0.225 e. The normalized spacial score (nSPS) is 33.4. The molecule has 1 saturated heterocycles. The van der Waals surface area contributed by atoms with Gasteiger partial charge < -0.3 is 15.1 Å². The van der Waals surface area contributed by atoms with E-state index in [1.165, 1.54) is 0 Å². The lowest BCUT2D eigenvalue weighted by atomic mass is 9.86. The van der Waals surface area contributed by atoms with E-state index >= 15 is 0 Å². The van der Waals surface area contributed by atoms with Gasteiger partial charge in [0.05, 0.1) is 6.10 Å². The quantitative estimate of drug-likeness (QED) is 0.761. The van der Waals surface area contributed by atoms with E-state index < -0.39 is 0 Å². The van der Waals surface area contributed by atoms with Gasteiger partial charge in [0.2, 0.25) is 5.91 Å². The molecule has 0 aromatic carbocycles. The van der Waals surface area contributed by atoms with Crippen LogP contribution >= 0.6 is 0 Å². The number of nitrogens with zero attached hydrogens (tertiary/aromatic N) is 2. The Morgan fingerprint density at radius 3 is 2.53 bits per heavy atom. The van der Waals surface area contributed by atoms with Crippen molar-refractivity contribution in [3.05, 3.63) is 0 Å². The van der Waals surface area contributed by atoms with Crippen LogP contribution < -0.4 is 0 Å². The number of hydrogen-bond acceptors (Lipinski definition) is 4. The summed E-state index contributed by atoms with van der Waals surface area (Å²) in [5, 5.41) is 18.6. The molecule has 1 atom stereocenters. The van der Waals surface area contributed by atoms with Crippen LogP contribution in [0.5, 0.6) is 0 Å². The number of aliphatic hydroxyl groups excluding tert-OH is 2. The summed E-state index contributed by atoms with van der Waals surface area (Å²) in [4.78, 5) is 16.7. The summed E-state index contributed by atoms with van der Waals surface area (Å²) in [5.41, 5.74) is 0. The first-order chi connectivity index (χ1) is 9.11. The fourth-order valence-electron chi connectivity index (χ4n) is 3.19. The van der Waals surface area contributed by atoms with Crippen molar-refractivity contribution in [2.75, 3.05) is 33.3 Å². The third-order valence-corrected chi connectivity index (χ3v) is 4.60. The lowest BCUT2D eigenvalue weighted by Crippen LogP contribution is -2.54. The van der Waals surface area contributed by atoms with Gasteiger partial charge in [-0.15, -0.1) is 0 Å². The number of rotatable bonds is 3. The molecule has 1 heterocycles. The van der Waals surface area contributed by atoms with Crippen molar-refractivity contribution < 1.29 is 15.0 Å². The number of carbonyl (C=O) groups excluding carboxylic acids is 1. The van der Waals surface area contributed by atoms with E-state index in [2.05, 4.69) is 11.9 Å². The largest absolute Gasteiger partial charge is 0.396 e. The summed E-state index contributed by atoms with van der Waals surface area (Å²) < 4.78 is 0. The van der Waals surface area contributed by atoms with E-state index in [4.69, 9.17) is 5.11 Å². The van der Waals surface area contributed by atoms with Gasteiger partial charge in [-0.2, -0.15) is 0 Å². The van der Waals surface area contributed by atoms with Crippen molar-refractivity contribution in [3.63, 3.8) is 0 Å². The minimum atomic E-state index is -0.210. The third kappa shape index (κ3) is 3.68. The van der Waals surface area contributed by atoms with Gasteiger partial charge in [-0.25, -0.2) is 0 Å². The standard InChI is InChI=1S/C14H26N2O3/c1-15-7-8-16(10-12(15)6-9-17)14(19)11-2-4-13(18)5-3-11/h11-13,17-18H,2-10H2,1H3/t11?,12-,13?/m0/s1. The Bertz CT molecular complexity index is 303. The molecular weight excluding hydrogens is 244 g/mol. The molecule has 2 rings (SSSR count). The van der Waals surface area contributed by atoms with Crippen molar-refractivity contribution >= 4 is 5.91 Å². The summed E-state index contributed by atoms with van der Waals surface area (Å²) in [6, 6.07) is 0.275. The maximum atomic E-state index is 12.5. The number of aliphatic hydroxyl groups is 2. The Morgan fingerprint density at radius 2 is 1.89 bits per heavy atom. The van der Waals surface area contributed by atoms with Gasteiger partial charge in [0.1, 0.15) is 0 Å². The molecule has 1 aliphatic heterocycles. The Hall–Kier alpha value is -0.650. The van der Waals surface area contributed by atoms with Crippen LogP contribution in [0.3, 0.4) is 0 Å².